The SMILES string of the molecule is C[C@H](NC(=O)c1ccc(-c2ccccc2)cc1)C(=O)N1CCCC1. The molecule has 0 saturated carbocycles. The first-order chi connectivity index (χ1) is 11.6. The fraction of sp³-hybridized carbons (Fsp3) is 0.300. The smallest absolute Gasteiger partial charge is 0.251 e. The van der Waals surface area contributed by atoms with Gasteiger partial charge >= 0.3 is 0 Å². The molecule has 0 spiro atoms. The van der Waals surface area contributed by atoms with Gasteiger partial charge in [-0.15, -0.1) is 0 Å². The first-order valence-corrected chi connectivity index (χ1v) is 8.40. The van der Waals surface area contributed by atoms with Gasteiger partial charge in [0, 0.05) is 18.7 Å². The predicted octanol–water partition coefficient (Wildman–Crippen LogP) is 3.09. The van der Waals surface area contributed by atoms with E-state index >= 15 is 0 Å². The third kappa shape index (κ3) is 3.65. The molecule has 1 N–H and O–H groups in total. The molecule has 2 amide bonds. The van der Waals surface area contributed by atoms with Crippen molar-refractivity contribution in [3.63, 3.8) is 0 Å². The summed E-state index contributed by atoms with van der Waals surface area (Å²) in [6, 6.07) is 17.0. The van der Waals surface area contributed by atoms with Gasteiger partial charge in [-0.1, -0.05) is 42.5 Å². The van der Waals surface area contributed by atoms with Crippen molar-refractivity contribution in [3.8, 4) is 11.1 Å². The van der Waals surface area contributed by atoms with E-state index in [0.717, 1.165) is 37.1 Å². The van der Waals surface area contributed by atoms with E-state index in [9.17, 15) is 9.59 Å². The van der Waals surface area contributed by atoms with E-state index in [4.69, 9.17) is 0 Å². The van der Waals surface area contributed by atoms with Crippen LogP contribution in [0.25, 0.3) is 11.1 Å². The minimum Gasteiger partial charge on any atom is -0.341 e. The van der Waals surface area contributed by atoms with Crippen molar-refractivity contribution in [2.75, 3.05) is 13.1 Å². The zero-order valence-electron chi connectivity index (χ0n) is 13.9. The molecule has 24 heavy (non-hydrogen) atoms. The lowest BCUT2D eigenvalue weighted by molar-refractivity contribution is -0.131. The van der Waals surface area contributed by atoms with Gasteiger partial charge in [0.05, 0.1) is 0 Å². The van der Waals surface area contributed by atoms with Gasteiger partial charge in [-0.05, 0) is 43.0 Å². The fourth-order valence-corrected chi connectivity index (χ4v) is 3.00. The second-order valence-corrected chi connectivity index (χ2v) is 6.17. The molecule has 4 heteroatoms. The number of nitrogens with one attached hydrogen (secondary N) is 1. The van der Waals surface area contributed by atoms with Gasteiger partial charge in [0.2, 0.25) is 5.91 Å². The van der Waals surface area contributed by atoms with Crippen LogP contribution in [0.2, 0.25) is 0 Å². The molecule has 0 bridgehead atoms. The average molecular weight is 322 g/mol. The Labute approximate surface area is 142 Å². The maximum absolute atomic E-state index is 12.3. The minimum atomic E-state index is -0.496. The van der Waals surface area contributed by atoms with Crippen molar-refractivity contribution in [2.24, 2.45) is 0 Å². The van der Waals surface area contributed by atoms with Crippen LogP contribution in [0.3, 0.4) is 0 Å². The topological polar surface area (TPSA) is 49.4 Å². The molecule has 0 unspecified atom stereocenters. The van der Waals surface area contributed by atoms with Gasteiger partial charge in [-0.3, -0.25) is 9.59 Å². The molecule has 0 aromatic heterocycles. The monoisotopic (exact) mass is 322 g/mol. The normalized spacial score (nSPS) is 15.1. The van der Waals surface area contributed by atoms with E-state index in [0.29, 0.717) is 5.56 Å². The number of benzene rings is 2. The highest BCUT2D eigenvalue weighted by atomic mass is 16.2. The second kappa shape index (κ2) is 7.30. The van der Waals surface area contributed by atoms with Crippen LogP contribution in [0.4, 0.5) is 0 Å². The first kappa shape index (κ1) is 16.2. The van der Waals surface area contributed by atoms with Crippen LogP contribution in [0.15, 0.2) is 54.6 Å². The van der Waals surface area contributed by atoms with Gasteiger partial charge in [-0.25, -0.2) is 0 Å². The van der Waals surface area contributed by atoms with Gasteiger partial charge < -0.3 is 10.2 Å². The second-order valence-electron chi connectivity index (χ2n) is 6.17. The molecule has 1 heterocycles. The molecular weight excluding hydrogens is 300 g/mol. The largest absolute Gasteiger partial charge is 0.341 e. The molecule has 1 fully saturated rings. The number of amides is 2. The average Bonchev–Trinajstić information content (AvgIpc) is 3.16. The highest BCUT2D eigenvalue weighted by molar-refractivity contribution is 5.97. The van der Waals surface area contributed by atoms with E-state index < -0.39 is 6.04 Å². The summed E-state index contributed by atoms with van der Waals surface area (Å²) < 4.78 is 0. The summed E-state index contributed by atoms with van der Waals surface area (Å²) >= 11 is 0. The Bertz CT molecular complexity index is 704. The summed E-state index contributed by atoms with van der Waals surface area (Å²) in [7, 11) is 0. The van der Waals surface area contributed by atoms with Crippen molar-refractivity contribution in [1.82, 2.24) is 10.2 Å². The molecule has 1 atom stereocenters. The number of hydrogen-bond donors (Lipinski definition) is 1. The Morgan fingerprint density at radius 2 is 1.50 bits per heavy atom. The minimum absolute atomic E-state index is 0.00163. The number of rotatable bonds is 4. The van der Waals surface area contributed by atoms with Crippen LogP contribution in [-0.2, 0) is 4.79 Å². The molecule has 1 aliphatic heterocycles. The third-order valence-electron chi connectivity index (χ3n) is 4.39. The summed E-state index contributed by atoms with van der Waals surface area (Å²) in [5, 5.41) is 2.80. The predicted molar refractivity (Wildman–Crippen MR) is 94.6 cm³/mol. The lowest BCUT2D eigenvalue weighted by atomic mass is 10.0. The molecule has 0 radical (unpaired) electrons. The van der Waals surface area contributed by atoms with Crippen LogP contribution in [0.5, 0.6) is 0 Å². The lowest BCUT2D eigenvalue weighted by Gasteiger charge is -2.21. The molecule has 1 aliphatic rings. The van der Waals surface area contributed by atoms with Crippen LogP contribution in [-0.4, -0.2) is 35.8 Å². The highest BCUT2D eigenvalue weighted by Gasteiger charge is 2.24. The van der Waals surface area contributed by atoms with Gasteiger partial charge in [0.25, 0.3) is 5.91 Å². The van der Waals surface area contributed by atoms with Crippen molar-refractivity contribution in [3.05, 3.63) is 60.2 Å². The summed E-state index contributed by atoms with van der Waals surface area (Å²) in [5.74, 6) is -0.212. The van der Waals surface area contributed by atoms with Crippen molar-refractivity contribution >= 4 is 11.8 Å². The Hall–Kier alpha value is -2.62. The summed E-state index contributed by atoms with van der Waals surface area (Å²) in [6.45, 7) is 3.34. The molecular formula is C20H22N2O2. The third-order valence-corrected chi connectivity index (χ3v) is 4.39. The van der Waals surface area contributed by atoms with Crippen LogP contribution < -0.4 is 5.32 Å². The quantitative estimate of drug-likeness (QED) is 0.940. The van der Waals surface area contributed by atoms with E-state index in [1.165, 1.54) is 0 Å². The maximum atomic E-state index is 12.3. The van der Waals surface area contributed by atoms with Gasteiger partial charge in [-0.2, -0.15) is 0 Å². The van der Waals surface area contributed by atoms with Gasteiger partial charge in [0.1, 0.15) is 6.04 Å². The van der Waals surface area contributed by atoms with Crippen molar-refractivity contribution in [2.45, 2.75) is 25.8 Å². The van der Waals surface area contributed by atoms with E-state index in [-0.39, 0.29) is 11.8 Å². The van der Waals surface area contributed by atoms with Crippen molar-refractivity contribution in [1.29, 1.82) is 0 Å². The number of likely N-dealkylation sites (tertiary alicyclic amines) is 1. The molecule has 4 nitrogen and oxygen atoms in total. The molecule has 2 aromatic carbocycles. The van der Waals surface area contributed by atoms with Crippen LogP contribution >= 0.6 is 0 Å². The molecule has 2 aromatic rings. The zero-order chi connectivity index (χ0) is 16.9. The Morgan fingerprint density at radius 3 is 2.12 bits per heavy atom. The highest BCUT2D eigenvalue weighted by Crippen LogP contribution is 2.19. The Balaban J connectivity index is 1.63. The lowest BCUT2D eigenvalue weighted by Crippen LogP contribution is -2.45. The number of nitrogens with zero attached hydrogens (tertiary/aromatic N) is 1. The number of hydrogen-bond acceptors (Lipinski definition) is 2. The zero-order valence-corrected chi connectivity index (χ0v) is 13.9. The molecule has 3 rings (SSSR count). The summed E-state index contributed by atoms with van der Waals surface area (Å²) in [6.07, 6.45) is 2.10. The molecule has 0 aliphatic carbocycles. The fourth-order valence-electron chi connectivity index (χ4n) is 3.00. The Morgan fingerprint density at radius 1 is 0.917 bits per heavy atom. The van der Waals surface area contributed by atoms with Gasteiger partial charge in [0.15, 0.2) is 0 Å². The van der Waals surface area contributed by atoms with Crippen LogP contribution in [0, 0.1) is 0 Å². The van der Waals surface area contributed by atoms with E-state index in [1.54, 1.807) is 19.1 Å². The number of carbonyl (C=O) groups is 2. The summed E-state index contributed by atoms with van der Waals surface area (Å²) in [5.41, 5.74) is 2.74. The maximum Gasteiger partial charge on any atom is 0.251 e. The Kier molecular flexibility index (Phi) is 4.94. The standard InChI is InChI=1S/C20H22N2O2/c1-15(20(24)22-13-5-6-14-22)21-19(23)18-11-9-17(10-12-18)16-7-3-2-4-8-16/h2-4,7-12,15H,5-6,13-14H2,1H3,(H,21,23)/t15-/m0/s1. The molecule has 124 valence electrons. The molecule has 1 saturated heterocycles. The van der Waals surface area contributed by atoms with Crippen LogP contribution in [0.1, 0.15) is 30.1 Å². The van der Waals surface area contributed by atoms with Crippen molar-refractivity contribution < 1.29 is 9.59 Å². The number of carbonyl (C=O) groups excluding carboxylic acids is 2. The first-order valence-electron chi connectivity index (χ1n) is 8.40. The summed E-state index contributed by atoms with van der Waals surface area (Å²) in [4.78, 5) is 26.4. The van der Waals surface area contributed by atoms with E-state index in [2.05, 4.69) is 5.32 Å². The van der Waals surface area contributed by atoms with E-state index in [1.807, 2.05) is 47.4 Å².